The molecule has 412 valence electrons. The number of aromatic nitrogens is 1. The van der Waals surface area contributed by atoms with E-state index in [1.807, 2.05) is 35.2 Å². The number of aromatic amines is 1. The van der Waals surface area contributed by atoms with Gasteiger partial charge in [0.15, 0.2) is 11.6 Å². The van der Waals surface area contributed by atoms with E-state index in [-0.39, 0.29) is 92.4 Å². The Morgan fingerprint density at radius 3 is 2.39 bits per heavy atom. The number of nitrogens with two attached hydrogens (primary N) is 1. The molecule has 0 spiro atoms. The second-order valence-corrected chi connectivity index (χ2v) is 22.4. The lowest BCUT2D eigenvalue weighted by atomic mass is 9.76. The highest BCUT2D eigenvalue weighted by Gasteiger charge is 2.48. The summed E-state index contributed by atoms with van der Waals surface area (Å²) in [6.45, 7) is 2.77. The number of Topliss-reactive ketones (excluding diaryl/α,β-unsaturated/α-hetero) is 2. The fraction of sp³-hybridized carbons (Fsp3) is 0.475. The highest BCUT2D eigenvalue weighted by atomic mass is 16.2. The number of nitrogens with zero attached hydrogens (tertiary/aromatic N) is 3. The summed E-state index contributed by atoms with van der Waals surface area (Å²) in [4.78, 5) is 143. The molecule has 18 heteroatoms. The first kappa shape index (κ1) is 54.4. The molecule has 1 aliphatic carbocycles. The second kappa shape index (κ2) is 23.6. The molecule has 1 aromatic heterocycles. The maximum atomic E-state index is 14.8. The summed E-state index contributed by atoms with van der Waals surface area (Å²) in [7, 11) is 0. The quantitative estimate of drug-likeness (QED) is 0.0535. The molecule has 8 amide bonds. The highest BCUT2D eigenvalue weighted by molar-refractivity contribution is 6.06. The van der Waals surface area contributed by atoms with Crippen LogP contribution in [0.4, 0.5) is 0 Å². The molecular formula is C61H68N8O10. The van der Waals surface area contributed by atoms with E-state index in [4.69, 9.17) is 5.73 Å². The highest BCUT2D eigenvalue weighted by Crippen LogP contribution is 2.42. The number of ketones is 2. The summed E-state index contributed by atoms with van der Waals surface area (Å²) in [5.41, 5.74) is 10.7. The Bertz CT molecular complexity index is 3190. The van der Waals surface area contributed by atoms with E-state index in [0.717, 1.165) is 73.6 Å². The summed E-state index contributed by atoms with van der Waals surface area (Å²) in [6, 6.07) is 15.3. The van der Waals surface area contributed by atoms with Crippen LogP contribution in [0.15, 0.2) is 66.7 Å². The molecule has 6 N–H and O–H groups in total. The third-order valence-corrected chi connectivity index (χ3v) is 17.4. The predicted molar refractivity (Wildman–Crippen MR) is 290 cm³/mol. The number of benzene rings is 3. The minimum atomic E-state index is -1.15. The van der Waals surface area contributed by atoms with Gasteiger partial charge in [-0.3, -0.25) is 53.3 Å². The zero-order valence-corrected chi connectivity index (χ0v) is 44.6. The first-order valence-corrected chi connectivity index (χ1v) is 28.1. The molecule has 4 fully saturated rings. The van der Waals surface area contributed by atoms with Crippen molar-refractivity contribution >= 4 is 69.7 Å². The van der Waals surface area contributed by atoms with E-state index < -0.39 is 65.7 Å². The lowest BCUT2D eigenvalue weighted by molar-refractivity contribution is -0.144. The fourth-order valence-electron chi connectivity index (χ4n) is 13.1. The van der Waals surface area contributed by atoms with Gasteiger partial charge in [0, 0.05) is 85.2 Å². The molecule has 1 unspecified atom stereocenters. The van der Waals surface area contributed by atoms with Gasteiger partial charge >= 0.3 is 0 Å². The molecule has 6 aliphatic rings. The van der Waals surface area contributed by atoms with Crippen molar-refractivity contribution in [2.24, 2.45) is 23.5 Å². The largest absolute Gasteiger partial charge is 0.370 e. The van der Waals surface area contributed by atoms with Crippen LogP contribution in [0.25, 0.3) is 10.9 Å². The van der Waals surface area contributed by atoms with Gasteiger partial charge in [0.1, 0.15) is 23.8 Å². The van der Waals surface area contributed by atoms with Crippen LogP contribution in [0.3, 0.4) is 0 Å². The number of amides is 8. The van der Waals surface area contributed by atoms with Gasteiger partial charge in [-0.25, -0.2) is 0 Å². The molecule has 1 saturated carbocycles. The second-order valence-electron chi connectivity index (χ2n) is 22.4. The van der Waals surface area contributed by atoms with Gasteiger partial charge in [0.05, 0.1) is 12.1 Å². The molecule has 18 nitrogen and oxygen atoms in total. The average Bonchev–Trinajstić information content (AvgIpc) is 4.39. The van der Waals surface area contributed by atoms with Gasteiger partial charge in [-0.2, -0.15) is 0 Å². The number of rotatable bonds is 16. The predicted octanol–water partition coefficient (Wildman–Crippen LogP) is 5.49. The van der Waals surface area contributed by atoms with Crippen LogP contribution < -0.4 is 21.7 Å². The first-order chi connectivity index (χ1) is 38.1. The van der Waals surface area contributed by atoms with Crippen LogP contribution in [0, 0.1) is 29.6 Å². The van der Waals surface area contributed by atoms with Crippen LogP contribution in [-0.2, 0) is 46.5 Å². The maximum Gasteiger partial charge on any atom is 0.268 e. The molecule has 10 rings (SSSR count). The average molecular weight is 1070 g/mol. The first-order valence-electron chi connectivity index (χ1n) is 28.1. The maximum absolute atomic E-state index is 14.8. The number of H-pyrrole nitrogens is 1. The van der Waals surface area contributed by atoms with Crippen molar-refractivity contribution in [3.63, 3.8) is 0 Å². The summed E-state index contributed by atoms with van der Waals surface area (Å²) in [5, 5.41) is 8.87. The number of primary amides is 1. The number of likely N-dealkylation sites (tertiary alicyclic amines) is 1. The van der Waals surface area contributed by atoms with Crippen molar-refractivity contribution in [1.29, 1.82) is 0 Å². The van der Waals surface area contributed by atoms with Crippen molar-refractivity contribution in [2.75, 3.05) is 13.1 Å². The van der Waals surface area contributed by atoms with Crippen LogP contribution in [0.1, 0.15) is 169 Å². The van der Waals surface area contributed by atoms with E-state index in [9.17, 15) is 47.9 Å². The number of hydrogen-bond acceptors (Lipinski definition) is 10. The Morgan fingerprint density at radius 1 is 0.848 bits per heavy atom. The van der Waals surface area contributed by atoms with Crippen molar-refractivity contribution in [3.05, 3.63) is 106 Å². The van der Waals surface area contributed by atoms with Gasteiger partial charge in [0.25, 0.3) is 11.8 Å². The Labute approximate surface area is 458 Å². The van der Waals surface area contributed by atoms with Crippen LogP contribution in [-0.4, -0.2) is 116 Å². The third-order valence-electron chi connectivity index (χ3n) is 17.4. The molecule has 3 aromatic carbocycles. The lowest BCUT2D eigenvalue weighted by Gasteiger charge is -2.37. The summed E-state index contributed by atoms with van der Waals surface area (Å²) < 4.78 is 0. The number of carbonyl (C=O) groups is 10. The van der Waals surface area contributed by atoms with Crippen molar-refractivity contribution in [3.8, 4) is 11.8 Å². The molecule has 79 heavy (non-hydrogen) atoms. The van der Waals surface area contributed by atoms with Crippen LogP contribution in [0.5, 0.6) is 0 Å². The lowest BCUT2D eigenvalue weighted by Crippen LogP contribution is -2.55. The number of carbonyl (C=O) groups excluding carboxylic acids is 10. The number of fused-ring (bicyclic) bond motifs is 5. The molecule has 5 aliphatic heterocycles. The number of piperidine rings is 2. The monoisotopic (exact) mass is 1070 g/mol. The van der Waals surface area contributed by atoms with E-state index >= 15 is 0 Å². The Morgan fingerprint density at radius 2 is 1.63 bits per heavy atom. The van der Waals surface area contributed by atoms with Gasteiger partial charge in [0.2, 0.25) is 35.4 Å². The minimum Gasteiger partial charge on any atom is -0.370 e. The summed E-state index contributed by atoms with van der Waals surface area (Å²) in [6.07, 6.45) is 8.48. The van der Waals surface area contributed by atoms with Crippen LogP contribution >= 0.6 is 0 Å². The number of hydrogen-bond donors (Lipinski definition) is 5. The van der Waals surface area contributed by atoms with Gasteiger partial charge in [-0.1, -0.05) is 61.4 Å². The van der Waals surface area contributed by atoms with E-state index in [1.165, 1.54) is 16.7 Å². The normalized spacial score (nSPS) is 22.2. The number of nitrogens with one attached hydrogen (secondary N) is 4. The van der Waals surface area contributed by atoms with Crippen LogP contribution in [0.2, 0.25) is 0 Å². The van der Waals surface area contributed by atoms with Gasteiger partial charge in [-0.15, -0.1) is 0 Å². The third kappa shape index (κ3) is 11.8. The SMILES string of the molecule is CC(=O)c1ccc2[nH]c(C(=O)N[C@@H]3Cc4ccccc4[C@H]4CC[C@@H](C(=O)N[C@@H](CCC(N)=O)C(=O)C[C@H](C(=O)N5CCC(CCC#Cc6cccc7c6CN(C6CCC(=O)NC6=O)C7=O)CC5)C5CCCCC5)N4C3=O)cc2c1. The zero-order chi connectivity index (χ0) is 55.5. The fourth-order valence-corrected chi connectivity index (χ4v) is 13.1. The van der Waals surface area contributed by atoms with Crippen molar-refractivity contribution in [1.82, 2.24) is 35.6 Å². The Hall–Kier alpha value is -7.94. The Balaban J connectivity index is 0.783. The van der Waals surface area contributed by atoms with Gasteiger partial charge < -0.3 is 36.1 Å². The molecule has 4 aromatic rings. The molecule has 6 heterocycles. The zero-order valence-electron chi connectivity index (χ0n) is 44.6. The van der Waals surface area contributed by atoms with E-state index in [2.05, 4.69) is 32.8 Å². The summed E-state index contributed by atoms with van der Waals surface area (Å²) >= 11 is 0. The standard InChI is InChI=1S/C61H68N8O10/c1-35(70)39-18-19-46-41(30-39)32-48(63-46)56(74)65-49-31-40-14-7-8-16-42(40)50-21-22-52(69(50)61(49)79)58(76)64-47(20-24-54(62)72)53(71)33-44(37-11-3-2-4-12-37)59(77)67-28-26-36(27-29-67)10-5-6-13-38-15-9-17-43-45(38)34-68(60(43)78)51-23-25-55(73)66-57(51)75/h7-9,14-19,30,32,36-37,44,47,49-52,63H,2-5,10-12,20-29,31,33-34H2,1H3,(H2,62,72)(H,64,76)(H,65,74)(H,66,73,75)/t44-,47-,49+,50+,51?,52-/m0/s1. The molecule has 0 radical (unpaired) electrons. The van der Waals surface area contributed by atoms with Gasteiger partial charge in [-0.05, 0) is 130 Å². The smallest absolute Gasteiger partial charge is 0.268 e. The van der Waals surface area contributed by atoms with E-state index in [1.54, 1.807) is 36.4 Å². The molecule has 6 atom stereocenters. The number of imide groups is 1. The van der Waals surface area contributed by atoms with Crippen molar-refractivity contribution < 1.29 is 47.9 Å². The molecular weight excluding hydrogens is 1000 g/mol. The van der Waals surface area contributed by atoms with Crippen molar-refractivity contribution in [2.45, 2.75) is 153 Å². The minimum absolute atomic E-state index is 0.0311. The summed E-state index contributed by atoms with van der Waals surface area (Å²) in [5.74, 6) is 2.44. The molecule has 3 saturated heterocycles. The van der Waals surface area contributed by atoms with E-state index in [0.29, 0.717) is 53.9 Å². The molecule has 0 bridgehead atoms. The topological polar surface area (TPSA) is 258 Å². The Kier molecular flexibility index (Phi) is 16.2.